The number of aliphatic hydroxyl groups excluding tert-OH is 1. The van der Waals surface area contributed by atoms with Crippen LogP contribution >= 0.6 is 0 Å². The first kappa shape index (κ1) is 20.8. The quantitative estimate of drug-likeness (QED) is 0.606. The predicted octanol–water partition coefficient (Wildman–Crippen LogP) is 4.30. The van der Waals surface area contributed by atoms with Crippen molar-refractivity contribution in [3.8, 4) is 0 Å². The normalized spacial score (nSPS) is 12.8. The van der Waals surface area contributed by atoms with E-state index in [1.54, 1.807) is 24.3 Å². The van der Waals surface area contributed by atoms with Crippen LogP contribution in [0.3, 0.4) is 0 Å². The Labute approximate surface area is 172 Å². The Morgan fingerprint density at radius 1 is 0.862 bits per heavy atom. The van der Waals surface area contributed by atoms with Gasteiger partial charge in [0.2, 0.25) is 0 Å². The third-order valence-corrected chi connectivity index (χ3v) is 6.31. The summed E-state index contributed by atoms with van der Waals surface area (Å²) in [4.78, 5) is 0.223. The molecule has 0 aliphatic carbocycles. The molecule has 0 radical (unpaired) electrons. The van der Waals surface area contributed by atoms with Crippen molar-refractivity contribution in [3.63, 3.8) is 0 Å². The molecule has 0 aromatic heterocycles. The number of hydrogen-bond donors (Lipinski definition) is 1. The van der Waals surface area contributed by atoms with Crippen molar-refractivity contribution in [1.29, 1.82) is 0 Å². The fourth-order valence-corrected chi connectivity index (χ4v) is 4.25. The highest BCUT2D eigenvalue weighted by Gasteiger charge is 2.22. The molecule has 150 valence electrons. The molecule has 3 aromatic carbocycles. The van der Waals surface area contributed by atoms with E-state index in [2.05, 4.69) is 0 Å². The lowest BCUT2D eigenvalue weighted by molar-refractivity contribution is 0.222. The van der Waals surface area contributed by atoms with Crippen LogP contribution in [0.1, 0.15) is 16.7 Å². The number of aryl methyl sites for hydroxylation is 1. The van der Waals surface area contributed by atoms with Crippen LogP contribution in [0.2, 0.25) is 0 Å². The highest BCUT2D eigenvalue weighted by Crippen LogP contribution is 2.20. The van der Waals surface area contributed by atoms with Gasteiger partial charge >= 0.3 is 0 Å². The summed E-state index contributed by atoms with van der Waals surface area (Å²) in [6.07, 6.45) is 2.63. The molecule has 3 rings (SSSR count). The van der Waals surface area contributed by atoms with Crippen molar-refractivity contribution in [2.75, 3.05) is 0 Å². The summed E-state index contributed by atoms with van der Waals surface area (Å²) in [5.74, 6) is 0. The van der Waals surface area contributed by atoms with Crippen LogP contribution in [0.25, 0.3) is 0 Å². The fourth-order valence-electron chi connectivity index (χ4n) is 2.95. The maximum Gasteiger partial charge on any atom is 0.264 e. The minimum absolute atomic E-state index is 0.186. The standard InChI is InChI=1S/C24H25NO3S/c1-20-12-14-24(15-13-20)29(27,28)25(19-22-10-6-3-7-11-22)17-16-23(26)18-21-8-4-2-5-9-21/h2-17,23,26H,18-19H2,1H3/b17-16+/t23-/m0/s1. The maximum atomic E-state index is 13.2. The summed E-state index contributed by atoms with van der Waals surface area (Å²) in [7, 11) is -3.75. The molecule has 0 fully saturated rings. The van der Waals surface area contributed by atoms with Crippen LogP contribution in [-0.2, 0) is 23.0 Å². The minimum atomic E-state index is -3.75. The van der Waals surface area contributed by atoms with Gasteiger partial charge in [-0.15, -0.1) is 0 Å². The third-order valence-electron chi connectivity index (χ3n) is 4.57. The van der Waals surface area contributed by atoms with E-state index in [1.807, 2.05) is 67.6 Å². The molecule has 0 aliphatic heterocycles. The molecule has 0 saturated carbocycles. The van der Waals surface area contributed by atoms with Crippen molar-refractivity contribution >= 4 is 10.0 Å². The molecule has 5 heteroatoms. The zero-order valence-electron chi connectivity index (χ0n) is 16.3. The molecule has 0 heterocycles. The van der Waals surface area contributed by atoms with Gasteiger partial charge in [-0.3, -0.25) is 4.31 Å². The smallest absolute Gasteiger partial charge is 0.264 e. The SMILES string of the molecule is Cc1ccc(S(=O)(=O)N(/C=C/[C@H](O)Cc2ccccc2)Cc2ccccc2)cc1. The first-order valence-corrected chi connectivity index (χ1v) is 10.9. The molecular weight excluding hydrogens is 382 g/mol. The van der Waals surface area contributed by atoms with Crippen molar-refractivity contribution in [2.45, 2.75) is 30.9 Å². The van der Waals surface area contributed by atoms with E-state index in [9.17, 15) is 13.5 Å². The molecule has 3 aromatic rings. The third kappa shape index (κ3) is 5.79. The van der Waals surface area contributed by atoms with E-state index >= 15 is 0 Å². The summed E-state index contributed by atoms with van der Waals surface area (Å²) in [6, 6.07) is 25.8. The van der Waals surface area contributed by atoms with E-state index in [-0.39, 0.29) is 11.4 Å². The topological polar surface area (TPSA) is 57.6 Å². The second-order valence-corrected chi connectivity index (χ2v) is 8.84. The largest absolute Gasteiger partial charge is 0.389 e. The number of rotatable bonds is 8. The lowest BCUT2D eigenvalue weighted by Crippen LogP contribution is -2.26. The summed E-state index contributed by atoms with van der Waals surface area (Å²) in [6.45, 7) is 2.10. The number of sulfonamides is 1. The molecule has 1 atom stereocenters. The highest BCUT2D eigenvalue weighted by atomic mass is 32.2. The molecule has 0 aliphatic rings. The lowest BCUT2D eigenvalue weighted by Gasteiger charge is -2.21. The van der Waals surface area contributed by atoms with Gasteiger partial charge in [-0.05, 0) is 36.3 Å². The molecule has 0 spiro atoms. The zero-order valence-corrected chi connectivity index (χ0v) is 17.2. The van der Waals surface area contributed by atoms with E-state index in [4.69, 9.17) is 0 Å². The van der Waals surface area contributed by atoms with Gasteiger partial charge in [-0.1, -0.05) is 78.4 Å². The Balaban J connectivity index is 1.85. The van der Waals surface area contributed by atoms with Crippen LogP contribution in [0.15, 0.2) is 102 Å². The number of nitrogens with zero attached hydrogens (tertiary/aromatic N) is 1. The van der Waals surface area contributed by atoms with Gasteiger partial charge in [-0.2, -0.15) is 0 Å². The number of hydrogen-bond acceptors (Lipinski definition) is 3. The van der Waals surface area contributed by atoms with E-state index in [0.717, 1.165) is 16.7 Å². The van der Waals surface area contributed by atoms with Crippen LogP contribution in [-0.4, -0.2) is 23.9 Å². The molecular formula is C24H25NO3S. The lowest BCUT2D eigenvalue weighted by atomic mass is 10.1. The summed E-state index contributed by atoms with van der Waals surface area (Å²) in [5, 5.41) is 10.4. The van der Waals surface area contributed by atoms with Crippen molar-refractivity contribution in [1.82, 2.24) is 4.31 Å². The second kappa shape index (κ2) is 9.54. The van der Waals surface area contributed by atoms with Gasteiger partial charge in [-0.25, -0.2) is 8.42 Å². The van der Waals surface area contributed by atoms with Gasteiger partial charge in [0.1, 0.15) is 0 Å². The van der Waals surface area contributed by atoms with Gasteiger partial charge in [0.15, 0.2) is 0 Å². The van der Waals surface area contributed by atoms with Gasteiger partial charge in [0.25, 0.3) is 10.0 Å². The average molecular weight is 408 g/mol. The van der Waals surface area contributed by atoms with Crippen LogP contribution < -0.4 is 0 Å². The molecule has 4 nitrogen and oxygen atoms in total. The van der Waals surface area contributed by atoms with Crippen molar-refractivity contribution < 1.29 is 13.5 Å². The summed E-state index contributed by atoms with van der Waals surface area (Å²) < 4.78 is 27.7. The van der Waals surface area contributed by atoms with Crippen molar-refractivity contribution in [3.05, 3.63) is 114 Å². The Morgan fingerprint density at radius 3 is 2.00 bits per heavy atom. The van der Waals surface area contributed by atoms with Gasteiger partial charge in [0, 0.05) is 12.6 Å². The Bertz CT molecular complexity index is 1030. The van der Waals surface area contributed by atoms with E-state index < -0.39 is 16.1 Å². The van der Waals surface area contributed by atoms with E-state index in [0.29, 0.717) is 6.42 Å². The highest BCUT2D eigenvalue weighted by molar-refractivity contribution is 7.89. The molecule has 1 N–H and O–H groups in total. The summed E-state index contributed by atoms with van der Waals surface area (Å²) in [5.41, 5.74) is 2.85. The predicted molar refractivity (Wildman–Crippen MR) is 116 cm³/mol. The number of benzene rings is 3. The fraction of sp³-hybridized carbons (Fsp3) is 0.167. The van der Waals surface area contributed by atoms with Gasteiger partial charge in [0.05, 0.1) is 17.5 Å². The maximum absolute atomic E-state index is 13.2. The Hall–Kier alpha value is -2.89. The number of aliphatic hydroxyl groups is 1. The van der Waals surface area contributed by atoms with E-state index in [1.165, 1.54) is 16.6 Å². The Morgan fingerprint density at radius 2 is 1.41 bits per heavy atom. The zero-order chi connectivity index (χ0) is 20.7. The Kier molecular flexibility index (Phi) is 6.86. The second-order valence-electron chi connectivity index (χ2n) is 6.95. The monoisotopic (exact) mass is 407 g/mol. The molecule has 0 amide bonds. The first-order chi connectivity index (χ1) is 13.9. The minimum Gasteiger partial charge on any atom is -0.389 e. The summed E-state index contributed by atoms with van der Waals surface area (Å²) >= 11 is 0. The van der Waals surface area contributed by atoms with Crippen LogP contribution in [0, 0.1) is 6.92 Å². The van der Waals surface area contributed by atoms with Crippen LogP contribution in [0.4, 0.5) is 0 Å². The molecule has 0 unspecified atom stereocenters. The average Bonchev–Trinajstić information content (AvgIpc) is 2.73. The first-order valence-electron chi connectivity index (χ1n) is 9.48. The van der Waals surface area contributed by atoms with Crippen LogP contribution in [0.5, 0.6) is 0 Å². The molecule has 29 heavy (non-hydrogen) atoms. The van der Waals surface area contributed by atoms with Gasteiger partial charge < -0.3 is 5.11 Å². The molecule has 0 bridgehead atoms. The molecule has 0 saturated heterocycles. The van der Waals surface area contributed by atoms with Crippen molar-refractivity contribution in [2.24, 2.45) is 0 Å².